The van der Waals surface area contributed by atoms with Crippen LogP contribution in [-0.2, 0) is 0 Å². The number of rotatable bonds is 10. The minimum atomic E-state index is -0.773. The first-order chi connectivity index (χ1) is 17.5. The molecule has 0 bridgehead atoms. The lowest BCUT2D eigenvalue weighted by Crippen LogP contribution is -2.35. The van der Waals surface area contributed by atoms with E-state index in [1.807, 2.05) is 26.0 Å². The first-order valence-electron chi connectivity index (χ1n) is 12.2. The molecule has 2 amide bonds. The fourth-order valence-electron chi connectivity index (χ4n) is 4.18. The molecule has 6 heteroatoms. The van der Waals surface area contributed by atoms with Crippen molar-refractivity contribution in [1.82, 2.24) is 9.80 Å². The van der Waals surface area contributed by atoms with Crippen LogP contribution in [0.4, 0.5) is 0 Å². The van der Waals surface area contributed by atoms with Crippen molar-refractivity contribution in [3.05, 3.63) is 107 Å². The Morgan fingerprint density at radius 1 is 0.639 bits per heavy atom. The van der Waals surface area contributed by atoms with Crippen LogP contribution in [-0.4, -0.2) is 34.7 Å². The lowest BCUT2D eigenvalue weighted by molar-refractivity contribution is 0.0707. The number of carbonyl (C=O) groups excluding carboxylic acids is 2. The Bertz CT molecular complexity index is 1130. The van der Waals surface area contributed by atoms with Crippen molar-refractivity contribution in [2.75, 3.05) is 13.1 Å². The molecule has 6 nitrogen and oxygen atoms in total. The highest BCUT2D eigenvalue weighted by Gasteiger charge is 2.28. The Labute approximate surface area is 213 Å². The molecule has 0 fully saturated rings. The number of nitrogens with zero attached hydrogens (tertiary/aromatic N) is 4. The van der Waals surface area contributed by atoms with Crippen LogP contribution in [0.15, 0.2) is 84.9 Å². The average molecular weight is 479 g/mol. The molecule has 0 spiro atoms. The van der Waals surface area contributed by atoms with E-state index in [0.29, 0.717) is 48.2 Å². The largest absolute Gasteiger partial charge is 0.319 e. The molecule has 0 heterocycles. The Morgan fingerprint density at radius 3 is 1.25 bits per heavy atom. The van der Waals surface area contributed by atoms with Gasteiger partial charge < -0.3 is 9.80 Å². The Balaban J connectivity index is 1.90. The summed E-state index contributed by atoms with van der Waals surface area (Å²) in [5.74, 6) is -0.406. The van der Waals surface area contributed by atoms with Crippen LogP contribution in [0.5, 0.6) is 0 Å². The zero-order chi connectivity index (χ0) is 25.9. The summed E-state index contributed by atoms with van der Waals surface area (Å²) in [7, 11) is 0. The lowest BCUT2D eigenvalue weighted by Gasteiger charge is -2.29. The molecule has 0 saturated heterocycles. The van der Waals surface area contributed by atoms with Crippen LogP contribution in [0.1, 0.15) is 70.6 Å². The van der Waals surface area contributed by atoms with E-state index in [1.165, 1.54) is 0 Å². The zero-order valence-corrected chi connectivity index (χ0v) is 20.7. The van der Waals surface area contributed by atoms with Gasteiger partial charge in [0, 0.05) is 24.2 Å². The van der Waals surface area contributed by atoms with Gasteiger partial charge >= 0.3 is 0 Å². The second kappa shape index (κ2) is 12.9. The Hall–Kier alpha value is -4.42. The highest BCUT2D eigenvalue weighted by atomic mass is 16.2. The second-order valence-electron chi connectivity index (χ2n) is 8.46. The minimum absolute atomic E-state index is 0.203. The minimum Gasteiger partial charge on any atom is -0.319 e. The summed E-state index contributed by atoms with van der Waals surface area (Å²) in [5.41, 5.74) is 2.38. The average Bonchev–Trinajstić information content (AvgIpc) is 2.93. The van der Waals surface area contributed by atoms with E-state index < -0.39 is 12.1 Å². The molecule has 0 unspecified atom stereocenters. The van der Waals surface area contributed by atoms with Crippen molar-refractivity contribution < 1.29 is 9.59 Å². The van der Waals surface area contributed by atoms with E-state index in [4.69, 9.17) is 0 Å². The third-order valence-corrected chi connectivity index (χ3v) is 5.93. The van der Waals surface area contributed by atoms with Crippen LogP contribution in [0.3, 0.4) is 0 Å². The predicted molar refractivity (Wildman–Crippen MR) is 139 cm³/mol. The van der Waals surface area contributed by atoms with Crippen LogP contribution in [0, 0.1) is 22.7 Å². The predicted octanol–water partition coefficient (Wildman–Crippen LogP) is 5.92. The van der Waals surface area contributed by atoms with Crippen LogP contribution in [0.25, 0.3) is 0 Å². The quantitative estimate of drug-likeness (QED) is 0.362. The smallest absolute Gasteiger partial charge is 0.255 e. The number of hydrogen-bond acceptors (Lipinski definition) is 4. The maximum Gasteiger partial charge on any atom is 0.255 e. The molecule has 2 atom stereocenters. The summed E-state index contributed by atoms with van der Waals surface area (Å²) in [6.45, 7) is 4.80. The third kappa shape index (κ3) is 5.98. The molecule has 3 rings (SSSR count). The summed E-state index contributed by atoms with van der Waals surface area (Å²) >= 11 is 0. The standard InChI is InChI=1S/C30H30N4O2/c1-3-19-33(29(35)25-11-7-5-8-12-25)27(21-31)23-15-17-24(18-16-23)28(22-32)34(20-4-2)30(36)26-13-9-6-10-14-26/h5-18,27-28H,3-4,19-20H2,1-2H3/t27-,28+. The van der Waals surface area contributed by atoms with Crippen LogP contribution < -0.4 is 0 Å². The molecule has 0 saturated carbocycles. The lowest BCUT2D eigenvalue weighted by atomic mass is 9.99. The Morgan fingerprint density at radius 2 is 0.972 bits per heavy atom. The van der Waals surface area contributed by atoms with E-state index in [9.17, 15) is 20.1 Å². The van der Waals surface area contributed by atoms with Gasteiger partial charge in [0.25, 0.3) is 11.8 Å². The van der Waals surface area contributed by atoms with Crippen molar-refractivity contribution in [1.29, 1.82) is 10.5 Å². The van der Waals surface area contributed by atoms with Gasteiger partial charge in [0.1, 0.15) is 12.1 Å². The van der Waals surface area contributed by atoms with Gasteiger partial charge in [0.2, 0.25) is 0 Å². The summed E-state index contributed by atoms with van der Waals surface area (Å²) in [4.78, 5) is 29.5. The van der Waals surface area contributed by atoms with E-state index in [2.05, 4.69) is 12.1 Å². The number of carbonyl (C=O) groups is 2. The SMILES string of the molecule is CCCN(C(=O)c1ccccc1)[C@H](C#N)c1ccc([C@H](C#N)N(CCC)C(=O)c2ccccc2)cc1. The maximum atomic E-state index is 13.2. The molecule has 36 heavy (non-hydrogen) atoms. The number of amides is 2. The van der Waals surface area contributed by atoms with E-state index in [1.54, 1.807) is 82.6 Å². The summed E-state index contributed by atoms with van der Waals surface area (Å²) < 4.78 is 0. The van der Waals surface area contributed by atoms with Crippen molar-refractivity contribution in [2.24, 2.45) is 0 Å². The number of benzene rings is 3. The third-order valence-electron chi connectivity index (χ3n) is 5.93. The molecule has 3 aromatic carbocycles. The van der Waals surface area contributed by atoms with E-state index in [-0.39, 0.29) is 11.8 Å². The molecule has 0 N–H and O–H groups in total. The molecule has 0 aliphatic carbocycles. The highest BCUT2D eigenvalue weighted by molar-refractivity contribution is 5.95. The van der Waals surface area contributed by atoms with Crippen molar-refractivity contribution in [3.8, 4) is 12.1 Å². The molecule has 3 aromatic rings. The molecular weight excluding hydrogens is 448 g/mol. The molecular formula is C30H30N4O2. The van der Waals surface area contributed by atoms with Crippen LogP contribution >= 0.6 is 0 Å². The second-order valence-corrected chi connectivity index (χ2v) is 8.46. The van der Waals surface area contributed by atoms with Gasteiger partial charge in [-0.05, 0) is 48.2 Å². The first-order valence-corrected chi connectivity index (χ1v) is 12.2. The van der Waals surface area contributed by atoms with E-state index >= 15 is 0 Å². The van der Waals surface area contributed by atoms with Gasteiger partial charge in [-0.3, -0.25) is 9.59 Å². The highest BCUT2D eigenvalue weighted by Crippen LogP contribution is 2.27. The molecule has 182 valence electrons. The normalized spacial score (nSPS) is 12.0. The zero-order valence-electron chi connectivity index (χ0n) is 20.7. The van der Waals surface area contributed by atoms with Gasteiger partial charge in [0.15, 0.2) is 0 Å². The first kappa shape index (κ1) is 26.2. The monoisotopic (exact) mass is 478 g/mol. The summed E-state index contributed by atoms with van der Waals surface area (Å²) in [6.07, 6.45) is 1.41. The van der Waals surface area contributed by atoms with Gasteiger partial charge in [0.05, 0.1) is 12.1 Å². The maximum absolute atomic E-state index is 13.2. The van der Waals surface area contributed by atoms with Crippen molar-refractivity contribution in [3.63, 3.8) is 0 Å². The topological polar surface area (TPSA) is 88.2 Å². The van der Waals surface area contributed by atoms with Gasteiger partial charge in [-0.1, -0.05) is 74.5 Å². The van der Waals surface area contributed by atoms with E-state index in [0.717, 1.165) is 0 Å². The fraction of sp³-hybridized carbons (Fsp3) is 0.267. The molecule has 0 aromatic heterocycles. The van der Waals surface area contributed by atoms with Gasteiger partial charge in [-0.15, -0.1) is 0 Å². The van der Waals surface area contributed by atoms with Crippen LogP contribution in [0.2, 0.25) is 0 Å². The van der Waals surface area contributed by atoms with Gasteiger partial charge in [-0.25, -0.2) is 0 Å². The van der Waals surface area contributed by atoms with Crippen molar-refractivity contribution in [2.45, 2.75) is 38.8 Å². The number of nitriles is 2. The molecule has 0 aliphatic rings. The summed E-state index contributed by atoms with van der Waals surface area (Å²) in [6, 6.07) is 27.9. The van der Waals surface area contributed by atoms with Gasteiger partial charge in [-0.2, -0.15) is 10.5 Å². The molecule has 0 radical (unpaired) electrons. The number of hydrogen-bond donors (Lipinski definition) is 0. The molecule has 0 aliphatic heterocycles. The summed E-state index contributed by atoms with van der Waals surface area (Å²) in [5, 5.41) is 20.0. The van der Waals surface area contributed by atoms with Crippen molar-refractivity contribution >= 4 is 11.8 Å². The Kier molecular flexibility index (Phi) is 9.37. The fourth-order valence-corrected chi connectivity index (χ4v) is 4.18.